The second kappa shape index (κ2) is 4.92. The third-order valence-corrected chi connectivity index (χ3v) is 4.81. The number of nitrogens with one attached hydrogen (secondary N) is 1. The topological polar surface area (TPSA) is 62.8 Å². The summed E-state index contributed by atoms with van der Waals surface area (Å²) >= 11 is 3.13. The average Bonchev–Trinajstić information content (AvgIpc) is 2.83. The van der Waals surface area contributed by atoms with Crippen molar-refractivity contribution in [3.8, 4) is 11.4 Å². The molecule has 0 unspecified atom stereocenters. The Morgan fingerprint density at radius 2 is 2.00 bits per heavy atom. The summed E-state index contributed by atoms with van der Waals surface area (Å²) in [5.74, 6) is -0.0608. The Balaban J connectivity index is 2.20. The van der Waals surface area contributed by atoms with Gasteiger partial charge < -0.3 is 4.98 Å². The Hall–Kier alpha value is -1.73. The number of sulfone groups is 1. The lowest BCUT2D eigenvalue weighted by atomic mass is 10.2. The zero-order chi connectivity index (χ0) is 15.2. The van der Waals surface area contributed by atoms with E-state index in [-0.39, 0.29) is 4.90 Å². The number of aromatic amines is 1. The number of fused-ring (bicyclic) bond motifs is 1. The molecule has 7 heteroatoms. The van der Waals surface area contributed by atoms with E-state index in [1.807, 2.05) is 0 Å². The van der Waals surface area contributed by atoms with Gasteiger partial charge in [0.05, 0.1) is 26.0 Å². The monoisotopic (exact) mass is 368 g/mol. The van der Waals surface area contributed by atoms with Crippen LogP contribution in [0.4, 0.5) is 4.39 Å². The molecule has 3 rings (SSSR count). The standard InChI is InChI=1S/C14H10BrFN2O2S/c1-21(19,20)8-5-6-11-12(7-8)18-14(17-11)9-3-2-4-10(15)13(9)16/h2-7H,1H3,(H,17,18). The third kappa shape index (κ3) is 2.58. The van der Waals surface area contributed by atoms with Gasteiger partial charge in [0.1, 0.15) is 11.6 Å². The molecule has 0 aliphatic rings. The van der Waals surface area contributed by atoms with E-state index in [1.165, 1.54) is 12.1 Å². The van der Waals surface area contributed by atoms with Crippen molar-refractivity contribution in [3.63, 3.8) is 0 Å². The summed E-state index contributed by atoms with van der Waals surface area (Å²) in [7, 11) is -3.29. The second-order valence-corrected chi connectivity index (χ2v) is 7.51. The zero-order valence-corrected chi connectivity index (χ0v) is 13.3. The van der Waals surface area contributed by atoms with Gasteiger partial charge in [0.15, 0.2) is 9.84 Å². The molecule has 2 aromatic carbocycles. The molecule has 1 heterocycles. The van der Waals surface area contributed by atoms with Crippen LogP contribution in [0.25, 0.3) is 22.4 Å². The SMILES string of the molecule is CS(=O)(=O)c1ccc2nc(-c3cccc(Br)c3F)[nH]c2c1. The van der Waals surface area contributed by atoms with Crippen molar-refractivity contribution in [1.82, 2.24) is 9.97 Å². The number of hydrogen-bond acceptors (Lipinski definition) is 3. The molecule has 0 amide bonds. The van der Waals surface area contributed by atoms with Crippen LogP contribution in [0.15, 0.2) is 45.8 Å². The van der Waals surface area contributed by atoms with Gasteiger partial charge in [-0.15, -0.1) is 0 Å². The van der Waals surface area contributed by atoms with Crippen LogP contribution in [0.3, 0.4) is 0 Å². The molecule has 0 saturated heterocycles. The van der Waals surface area contributed by atoms with E-state index in [0.29, 0.717) is 26.9 Å². The molecule has 0 spiro atoms. The van der Waals surface area contributed by atoms with E-state index in [1.54, 1.807) is 24.3 Å². The molecule has 0 saturated carbocycles. The average molecular weight is 369 g/mol. The quantitative estimate of drug-likeness (QED) is 0.752. The molecule has 108 valence electrons. The number of benzene rings is 2. The van der Waals surface area contributed by atoms with Gasteiger partial charge in [-0.05, 0) is 46.3 Å². The maximum Gasteiger partial charge on any atom is 0.175 e. The van der Waals surface area contributed by atoms with E-state index in [4.69, 9.17) is 0 Å². The summed E-state index contributed by atoms with van der Waals surface area (Å²) in [6.45, 7) is 0. The number of aromatic nitrogens is 2. The van der Waals surface area contributed by atoms with Crippen molar-refractivity contribution >= 4 is 36.8 Å². The maximum absolute atomic E-state index is 14.1. The van der Waals surface area contributed by atoms with Gasteiger partial charge in [-0.25, -0.2) is 17.8 Å². The first-order valence-corrected chi connectivity index (χ1v) is 8.69. The summed E-state index contributed by atoms with van der Waals surface area (Å²) in [4.78, 5) is 7.45. The highest BCUT2D eigenvalue weighted by Crippen LogP contribution is 2.28. The molecule has 1 aromatic heterocycles. The van der Waals surface area contributed by atoms with Crippen LogP contribution < -0.4 is 0 Å². The Bertz CT molecular complexity index is 951. The third-order valence-electron chi connectivity index (χ3n) is 3.09. The van der Waals surface area contributed by atoms with Gasteiger partial charge >= 0.3 is 0 Å². The van der Waals surface area contributed by atoms with Gasteiger partial charge in [-0.2, -0.15) is 0 Å². The molecule has 0 radical (unpaired) electrons. The highest BCUT2D eigenvalue weighted by molar-refractivity contribution is 9.10. The molecule has 0 fully saturated rings. The van der Waals surface area contributed by atoms with Crippen molar-refractivity contribution in [2.75, 3.05) is 6.26 Å². The highest BCUT2D eigenvalue weighted by Gasteiger charge is 2.14. The molecule has 0 aliphatic carbocycles. The fourth-order valence-electron chi connectivity index (χ4n) is 2.03. The number of hydrogen-bond donors (Lipinski definition) is 1. The van der Waals surface area contributed by atoms with Crippen LogP contribution in [-0.4, -0.2) is 24.6 Å². The molecule has 1 N–H and O–H groups in total. The molecule has 0 aliphatic heterocycles. The number of rotatable bonds is 2. The largest absolute Gasteiger partial charge is 0.338 e. The van der Waals surface area contributed by atoms with E-state index in [9.17, 15) is 12.8 Å². The minimum atomic E-state index is -3.29. The van der Waals surface area contributed by atoms with Crippen LogP contribution in [0.1, 0.15) is 0 Å². The summed E-state index contributed by atoms with van der Waals surface area (Å²) in [5, 5.41) is 0. The predicted octanol–water partition coefficient (Wildman–Crippen LogP) is 3.54. The van der Waals surface area contributed by atoms with Gasteiger partial charge in [0.2, 0.25) is 0 Å². The van der Waals surface area contributed by atoms with Gasteiger partial charge in [-0.3, -0.25) is 0 Å². The van der Waals surface area contributed by atoms with Crippen molar-refractivity contribution in [2.45, 2.75) is 4.90 Å². The lowest BCUT2D eigenvalue weighted by Crippen LogP contribution is -1.96. The first-order valence-electron chi connectivity index (χ1n) is 6.00. The second-order valence-electron chi connectivity index (χ2n) is 4.64. The molecule has 0 bridgehead atoms. The van der Waals surface area contributed by atoms with E-state index in [0.717, 1.165) is 6.26 Å². The fourth-order valence-corrected chi connectivity index (χ4v) is 3.05. The highest BCUT2D eigenvalue weighted by atomic mass is 79.9. The number of halogens is 2. The summed E-state index contributed by atoms with van der Waals surface area (Å²) in [6, 6.07) is 9.49. The van der Waals surface area contributed by atoms with Gasteiger partial charge in [0.25, 0.3) is 0 Å². The Labute approximate surface area is 129 Å². The fraction of sp³-hybridized carbons (Fsp3) is 0.0714. The first kappa shape index (κ1) is 14.2. The smallest absolute Gasteiger partial charge is 0.175 e. The van der Waals surface area contributed by atoms with Crippen LogP contribution in [0.2, 0.25) is 0 Å². The molecule has 0 atom stereocenters. The van der Waals surface area contributed by atoms with Crippen LogP contribution >= 0.6 is 15.9 Å². The van der Waals surface area contributed by atoms with E-state index < -0.39 is 15.7 Å². The number of imidazole rings is 1. The molecule has 4 nitrogen and oxygen atoms in total. The van der Waals surface area contributed by atoms with E-state index in [2.05, 4.69) is 25.9 Å². The summed E-state index contributed by atoms with van der Waals surface area (Å²) < 4.78 is 37.5. The maximum atomic E-state index is 14.1. The number of H-pyrrole nitrogens is 1. The van der Waals surface area contributed by atoms with Gasteiger partial charge in [0, 0.05) is 6.26 Å². The van der Waals surface area contributed by atoms with E-state index >= 15 is 0 Å². The Kier molecular flexibility index (Phi) is 3.33. The first-order chi connectivity index (χ1) is 9.86. The molecule has 21 heavy (non-hydrogen) atoms. The number of nitrogens with zero attached hydrogens (tertiary/aromatic N) is 1. The predicted molar refractivity (Wildman–Crippen MR) is 82.3 cm³/mol. The normalized spacial score (nSPS) is 12.0. The lowest BCUT2D eigenvalue weighted by Gasteiger charge is -2.00. The summed E-state index contributed by atoms with van der Waals surface area (Å²) in [5.41, 5.74) is 1.45. The van der Waals surface area contributed by atoms with Crippen LogP contribution in [-0.2, 0) is 9.84 Å². The zero-order valence-electron chi connectivity index (χ0n) is 10.9. The van der Waals surface area contributed by atoms with Crippen LogP contribution in [0.5, 0.6) is 0 Å². The van der Waals surface area contributed by atoms with Crippen LogP contribution in [0, 0.1) is 5.82 Å². The summed E-state index contributed by atoms with van der Waals surface area (Å²) in [6.07, 6.45) is 1.14. The van der Waals surface area contributed by atoms with Crippen molar-refractivity contribution in [1.29, 1.82) is 0 Å². The minimum Gasteiger partial charge on any atom is -0.338 e. The van der Waals surface area contributed by atoms with Crippen molar-refractivity contribution in [3.05, 3.63) is 46.7 Å². The Morgan fingerprint density at radius 3 is 2.71 bits per heavy atom. The molecular formula is C14H10BrFN2O2S. The lowest BCUT2D eigenvalue weighted by molar-refractivity contribution is 0.602. The van der Waals surface area contributed by atoms with Gasteiger partial charge in [-0.1, -0.05) is 6.07 Å². The molecular weight excluding hydrogens is 359 g/mol. The van der Waals surface area contributed by atoms with Crippen molar-refractivity contribution < 1.29 is 12.8 Å². The minimum absolute atomic E-state index is 0.194. The van der Waals surface area contributed by atoms with Crippen molar-refractivity contribution in [2.24, 2.45) is 0 Å². The Morgan fingerprint density at radius 1 is 1.24 bits per heavy atom. The molecule has 3 aromatic rings.